The van der Waals surface area contributed by atoms with E-state index in [9.17, 15) is 4.39 Å². The second kappa shape index (κ2) is 4.66. The molecule has 0 aromatic heterocycles. The Morgan fingerprint density at radius 2 is 2.31 bits per heavy atom. The van der Waals surface area contributed by atoms with Gasteiger partial charge in [0.1, 0.15) is 5.82 Å². The third kappa shape index (κ3) is 2.78. The molecule has 1 aliphatic carbocycles. The highest BCUT2D eigenvalue weighted by Gasteiger charge is 2.34. The Kier molecular flexibility index (Phi) is 3.60. The Balaban J connectivity index is 2.17. The lowest BCUT2D eigenvalue weighted by Crippen LogP contribution is -2.16. The number of rotatable bonds is 2. The minimum Gasteiger partial charge on any atom is -0.207 e. The molecule has 0 saturated heterocycles. The van der Waals surface area contributed by atoms with Gasteiger partial charge in [-0.15, -0.1) is 0 Å². The third-order valence-electron chi connectivity index (χ3n) is 3.40. The summed E-state index contributed by atoms with van der Waals surface area (Å²) >= 11 is 9.54. The van der Waals surface area contributed by atoms with Crippen molar-refractivity contribution in [2.45, 2.75) is 37.4 Å². The van der Waals surface area contributed by atoms with Crippen LogP contribution in [0.2, 0.25) is 5.02 Å². The van der Waals surface area contributed by atoms with Gasteiger partial charge in [-0.05, 0) is 54.9 Å². The maximum Gasteiger partial charge on any atom is 0.126 e. The molecule has 0 heterocycles. The molecule has 0 amide bonds. The smallest absolute Gasteiger partial charge is 0.126 e. The summed E-state index contributed by atoms with van der Waals surface area (Å²) in [6.45, 7) is 2.23. The van der Waals surface area contributed by atoms with Crippen molar-refractivity contribution in [2.24, 2.45) is 5.41 Å². The maximum absolute atomic E-state index is 13.6. The first-order valence-electron chi connectivity index (χ1n) is 5.56. The van der Waals surface area contributed by atoms with Crippen molar-refractivity contribution in [3.8, 4) is 0 Å². The van der Waals surface area contributed by atoms with E-state index in [1.54, 1.807) is 12.1 Å². The first kappa shape index (κ1) is 12.4. The predicted molar refractivity (Wildman–Crippen MR) is 69.8 cm³/mol. The molecule has 1 aromatic rings. The summed E-state index contributed by atoms with van der Waals surface area (Å²) < 4.78 is 13.6. The summed E-state index contributed by atoms with van der Waals surface area (Å²) in [5.74, 6) is -0.136. The first-order chi connectivity index (χ1) is 7.48. The van der Waals surface area contributed by atoms with Gasteiger partial charge in [-0.1, -0.05) is 34.5 Å². The molecule has 1 fully saturated rings. The van der Waals surface area contributed by atoms with Gasteiger partial charge in [0.25, 0.3) is 0 Å². The van der Waals surface area contributed by atoms with E-state index in [-0.39, 0.29) is 11.2 Å². The molecule has 0 aliphatic heterocycles. The summed E-state index contributed by atoms with van der Waals surface area (Å²) in [6, 6.07) is 4.82. The number of alkyl halides is 1. The van der Waals surface area contributed by atoms with Gasteiger partial charge < -0.3 is 0 Å². The van der Waals surface area contributed by atoms with E-state index in [0.29, 0.717) is 9.85 Å². The molecule has 16 heavy (non-hydrogen) atoms. The van der Waals surface area contributed by atoms with Crippen molar-refractivity contribution < 1.29 is 4.39 Å². The molecule has 0 spiro atoms. The zero-order valence-corrected chi connectivity index (χ0v) is 11.6. The highest BCUT2D eigenvalue weighted by molar-refractivity contribution is 9.09. The van der Waals surface area contributed by atoms with E-state index in [2.05, 4.69) is 22.9 Å². The summed E-state index contributed by atoms with van der Waals surface area (Å²) in [5, 5.41) is 0.619. The lowest BCUT2D eigenvalue weighted by atomic mass is 9.82. The van der Waals surface area contributed by atoms with Crippen molar-refractivity contribution in [2.75, 3.05) is 0 Å². The quantitative estimate of drug-likeness (QED) is 0.676. The van der Waals surface area contributed by atoms with E-state index >= 15 is 0 Å². The molecule has 1 aromatic carbocycles. The first-order valence-corrected chi connectivity index (χ1v) is 6.86. The second-order valence-corrected chi connectivity index (χ2v) is 6.79. The molecule has 0 bridgehead atoms. The van der Waals surface area contributed by atoms with Gasteiger partial charge in [-0.25, -0.2) is 4.39 Å². The molecule has 3 heteroatoms. The Morgan fingerprint density at radius 1 is 1.56 bits per heavy atom. The van der Waals surface area contributed by atoms with Gasteiger partial charge in [0.15, 0.2) is 0 Å². The van der Waals surface area contributed by atoms with Gasteiger partial charge in [0.05, 0.1) is 0 Å². The van der Waals surface area contributed by atoms with Crippen LogP contribution in [0.3, 0.4) is 0 Å². The summed E-state index contributed by atoms with van der Waals surface area (Å²) in [4.78, 5) is 0.583. The highest BCUT2D eigenvalue weighted by atomic mass is 79.9. The normalized spacial score (nSPS) is 29.6. The zero-order valence-electron chi connectivity index (χ0n) is 9.27. The van der Waals surface area contributed by atoms with Crippen LogP contribution in [0.5, 0.6) is 0 Å². The molecule has 0 N–H and O–H groups in total. The molecule has 1 aliphatic rings. The topological polar surface area (TPSA) is 0 Å². The predicted octanol–water partition coefficient (Wildman–Crippen LogP) is 4.98. The zero-order chi connectivity index (χ0) is 11.8. The Morgan fingerprint density at radius 3 is 2.94 bits per heavy atom. The van der Waals surface area contributed by atoms with Crippen LogP contribution < -0.4 is 0 Å². The van der Waals surface area contributed by atoms with Gasteiger partial charge >= 0.3 is 0 Å². The minimum absolute atomic E-state index is 0.136. The van der Waals surface area contributed by atoms with E-state index in [0.717, 1.165) is 24.8 Å². The molecule has 2 rings (SSSR count). The largest absolute Gasteiger partial charge is 0.207 e. The van der Waals surface area contributed by atoms with Crippen LogP contribution in [0.4, 0.5) is 4.39 Å². The van der Waals surface area contributed by atoms with Gasteiger partial charge in [-0.2, -0.15) is 0 Å². The lowest BCUT2D eigenvalue weighted by molar-refractivity contribution is 0.330. The van der Waals surface area contributed by atoms with Crippen molar-refractivity contribution in [1.82, 2.24) is 0 Å². The molecule has 2 atom stereocenters. The van der Waals surface area contributed by atoms with Crippen LogP contribution in [0, 0.1) is 11.2 Å². The number of hydrogen-bond acceptors (Lipinski definition) is 0. The van der Waals surface area contributed by atoms with Gasteiger partial charge in [0.2, 0.25) is 0 Å². The summed E-state index contributed by atoms with van der Waals surface area (Å²) in [7, 11) is 0. The van der Waals surface area contributed by atoms with Crippen molar-refractivity contribution in [3.05, 3.63) is 34.6 Å². The van der Waals surface area contributed by atoms with Crippen molar-refractivity contribution in [1.29, 1.82) is 0 Å². The van der Waals surface area contributed by atoms with Crippen molar-refractivity contribution >= 4 is 27.5 Å². The van der Waals surface area contributed by atoms with Crippen LogP contribution in [-0.4, -0.2) is 4.83 Å². The number of benzene rings is 1. The molecular weight excluding hydrogens is 290 g/mol. The van der Waals surface area contributed by atoms with E-state index in [1.165, 1.54) is 12.5 Å². The molecule has 0 nitrogen and oxygen atoms in total. The Hall–Kier alpha value is -0.0800. The second-order valence-electron chi connectivity index (χ2n) is 5.06. The fourth-order valence-electron chi connectivity index (χ4n) is 2.54. The number of hydrogen-bond donors (Lipinski definition) is 0. The van der Waals surface area contributed by atoms with Crippen molar-refractivity contribution in [3.63, 3.8) is 0 Å². The average molecular weight is 306 g/mol. The lowest BCUT2D eigenvalue weighted by Gasteiger charge is -2.24. The fourth-order valence-corrected chi connectivity index (χ4v) is 3.75. The van der Waals surface area contributed by atoms with Crippen LogP contribution in [-0.2, 0) is 6.42 Å². The third-order valence-corrected chi connectivity index (χ3v) is 4.42. The Labute approximate surface area is 109 Å². The van der Waals surface area contributed by atoms with Gasteiger partial charge in [-0.3, -0.25) is 0 Å². The van der Waals surface area contributed by atoms with Crippen LogP contribution in [0.15, 0.2) is 18.2 Å². The average Bonchev–Trinajstić information content (AvgIpc) is 2.52. The number of halogens is 3. The van der Waals surface area contributed by atoms with Gasteiger partial charge in [0, 0.05) is 9.85 Å². The molecule has 0 radical (unpaired) electrons. The standard InChI is InChI=1S/C13H15BrClF/c1-13(5-4-10(14)8-13)7-9-6-11(15)2-3-12(9)16/h2-3,6,10H,4-5,7-8H2,1H3. The van der Waals surface area contributed by atoms with E-state index in [4.69, 9.17) is 11.6 Å². The van der Waals surface area contributed by atoms with E-state index < -0.39 is 0 Å². The maximum atomic E-state index is 13.6. The van der Waals surface area contributed by atoms with Crippen LogP contribution in [0.25, 0.3) is 0 Å². The highest BCUT2D eigenvalue weighted by Crippen LogP contribution is 2.43. The minimum atomic E-state index is -0.136. The monoisotopic (exact) mass is 304 g/mol. The van der Waals surface area contributed by atoms with Crippen LogP contribution >= 0.6 is 27.5 Å². The van der Waals surface area contributed by atoms with Crippen LogP contribution in [0.1, 0.15) is 31.7 Å². The summed E-state index contributed by atoms with van der Waals surface area (Å²) in [5.41, 5.74) is 0.955. The molecule has 1 saturated carbocycles. The molecule has 2 unspecified atom stereocenters. The Bertz CT molecular complexity index is 394. The van der Waals surface area contributed by atoms with E-state index in [1.807, 2.05) is 0 Å². The summed E-state index contributed by atoms with van der Waals surface area (Å²) in [6.07, 6.45) is 4.22. The molecular formula is C13H15BrClF. The SMILES string of the molecule is CC1(Cc2cc(Cl)ccc2F)CCC(Br)C1. The molecule has 88 valence electrons. The fraction of sp³-hybridized carbons (Fsp3) is 0.538.